The van der Waals surface area contributed by atoms with Crippen molar-refractivity contribution in [3.05, 3.63) is 23.8 Å². The van der Waals surface area contributed by atoms with Crippen LogP contribution < -0.4 is 14.8 Å². The Kier molecular flexibility index (Phi) is 8.41. The summed E-state index contributed by atoms with van der Waals surface area (Å²) in [5.74, 6) is 2.23. The molecule has 1 aromatic rings. The second-order valence-corrected chi connectivity index (χ2v) is 7.12. The van der Waals surface area contributed by atoms with E-state index in [1.807, 2.05) is 30.0 Å². The van der Waals surface area contributed by atoms with Crippen LogP contribution >= 0.6 is 11.8 Å². The lowest BCUT2D eigenvalue weighted by Crippen LogP contribution is -2.31. The lowest BCUT2D eigenvalue weighted by Gasteiger charge is -2.25. The summed E-state index contributed by atoms with van der Waals surface area (Å²) in [6.45, 7) is 7.54. The van der Waals surface area contributed by atoms with E-state index in [0.717, 1.165) is 43.1 Å². The standard InChI is InChI=1S/C19H30N2O3S/c1-4-6-10-20-11-7-12-21-18(22)14-25-19(21)15-8-9-16(24-5-2)17(13-15)23-3/h8-9,13,19-20H,4-7,10-12,14H2,1-3H3. The molecule has 2 rings (SSSR count). The van der Waals surface area contributed by atoms with Crippen molar-refractivity contribution in [2.45, 2.75) is 38.5 Å². The lowest BCUT2D eigenvalue weighted by atomic mass is 10.1. The zero-order valence-corrected chi connectivity index (χ0v) is 16.4. The number of nitrogens with one attached hydrogen (secondary N) is 1. The highest BCUT2D eigenvalue weighted by atomic mass is 32.2. The minimum atomic E-state index is 0.0627. The molecule has 0 aliphatic carbocycles. The number of nitrogens with zero attached hydrogens (tertiary/aromatic N) is 1. The Morgan fingerprint density at radius 2 is 2.04 bits per heavy atom. The van der Waals surface area contributed by atoms with Gasteiger partial charge in [-0.3, -0.25) is 4.79 Å². The minimum absolute atomic E-state index is 0.0627. The number of hydrogen-bond acceptors (Lipinski definition) is 5. The number of ether oxygens (including phenoxy) is 2. The van der Waals surface area contributed by atoms with Crippen LogP contribution in [-0.4, -0.2) is 49.9 Å². The molecule has 5 nitrogen and oxygen atoms in total. The summed E-state index contributed by atoms with van der Waals surface area (Å²) in [5, 5.41) is 3.50. The number of carbonyl (C=O) groups excluding carboxylic acids is 1. The predicted molar refractivity (Wildman–Crippen MR) is 103 cm³/mol. The smallest absolute Gasteiger partial charge is 0.233 e. The number of unbranched alkanes of at least 4 members (excludes halogenated alkanes) is 1. The molecular formula is C19H30N2O3S. The van der Waals surface area contributed by atoms with Crippen LogP contribution in [0.3, 0.4) is 0 Å². The number of rotatable bonds is 11. The lowest BCUT2D eigenvalue weighted by molar-refractivity contribution is -0.128. The number of amides is 1. The van der Waals surface area contributed by atoms with Crippen LogP contribution in [-0.2, 0) is 4.79 Å². The van der Waals surface area contributed by atoms with E-state index in [1.165, 1.54) is 12.8 Å². The van der Waals surface area contributed by atoms with Crippen molar-refractivity contribution in [3.8, 4) is 11.5 Å². The van der Waals surface area contributed by atoms with Gasteiger partial charge in [0.2, 0.25) is 5.91 Å². The molecule has 1 aromatic carbocycles. The molecule has 6 heteroatoms. The van der Waals surface area contributed by atoms with Gasteiger partial charge in [-0.25, -0.2) is 0 Å². The average Bonchev–Trinajstić information content (AvgIpc) is 2.99. The molecule has 1 aliphatic rings. The summed E-state index contributed by atoms with van der Waals surface area (Å²) in [7, 11) is 1.65. The molecule has 1 heterocycles. The first kappa shape index (κ1) is 19.9. The van der Waals surface area contributed by atoms with Gasteiger partial charge in [-0.15, -0.1) is 11.8 Å². The first-order chi connectivity index (χ1) is 12.2. The number of thioether (sulfide) groups is 1. The Bertz CT molecular complexity index is 553. The Morgan fingerprint density at radius 1 is 1.24 bits per heavy atom. The van der Waals surface area contributed by atoms with Crippen LogP contribution in [0.2, 0.25) is 0 Å². The van der Waals surface area contributed by atoms with E-state index in [1.54, 1.807) is 18.9 Å². The molecular weight excluding hydrogens is 336 g/mol. The highest BCUT2D eigenvalue weighted by molar-refractivity contribution is 8.00. The summed E-state index contributed by atoms with van der Waals surface area (Å²) in [5.41, 5.74) is 1.09. The molecule has 0 saturated carbocycles. The van der Waals surface area contributed by atoms with Gasteiger partial charge in [0.05, 0.1) is 19.5 Å². The fraction of sp³-hybridized carbons (Fsp3) is 0.632. The van der Waals surface area contributed by atoms with E-state index in [0.29, 0.717) is 12.4 Å². The molecule has 0 bridgehead atoms. The summed E-state index contributed by atoms with van der Waals surface area (Å²) in [6.07, 6.45) is 3.38. The summed E-state index contributed by atoms with van der Waals surface area (Å²) >= 11 is 1.68. The van der Waals surface area contributed by atoms with Gasteiger partial charge >= 0.3 is 0 Å². The van der Waals surface area contributed by atoms with Crippen molar-refractivity contribution in [2.24, 2.45) is 0 Å². The third-order valence-electron chi connectivity index (χ3n) is 4.20. The quantitative estimate of drug-likeness (QED) is 0.608. The van der Waals surface area contributed by atoms with Crippen molar-refractivity contribution in [3.63, 3.8) is 0 Å². The van der Waals surface area contributed by atoms with Crippen LogP contribution in [0, 0.1) is 0 Å². The fourth-order valence-electron chi connectivity index (χ4n) is 2.89. The van der Waals surface area contributed by atoms with Crippen molar-refractivity contribution in [1.82, 2.24) is 10.2 Å². The van der Waals surface area contributed by atoms with Gasteiger partial charge in [0.1, 0.15) is 5.37 Å². The number of hydrogen-bond donors (Lipinski definition) is 1. The maximum atomic E-state index is 12.3. The van der Waals surface area contributed by atoms with Gasteiger partial charge in [-0.1, -0.05) is 19.4 Å². The van der Waals surface area contributed by atoms with Crippen LogP contribution in [0.5, 0.6) is 11.5 Å². The minimum Gasteiger partial charge on any atom is -0.493 e. The molecule has 1 aliphatic heterocycles. The van der Waals surface area contributed by atoms with Gasteiger partial charge in [0, 0.05) is 6.54 Å². The Labute approximate surface area is 155 Å². The van der Waals surface area contributed by atoms with E-state index in [-0.39, 0.29) is 11.3 Å². The zero-order chi connectivity index (χ0) is 18.1. The molecule has 1 saturated heterocycles. The maximum absolute atomic E-state index is 12.3. The van der Waals surface area contributed by atoms with Gasteiger partial charge in [-0.05, 0) is 50.6 Å². The van der Waals surface area contributed by atoms with Crippen molar-refractivity contribution >= 4 is 17.7 Å². The third kappa shape index (κ3) is 5.54. The van der Waals surface area contributed by atoms with Crippen LogP contribution in [0.1, 0.15) is 44.0 Å². The summed E-state index contributed by atoms with van der Waals surface area (Å²) < 4.78 is 11.0. The van der Waals surface area contributed by atoms with E-state index in [9.17, 15) is 4.79 Å². The SMILES string of the molecule is CCCCNCCCN1C(=O)CSC1c1ccc(OCC)c(OC)c1. The van der Waals surface area contributed by atoms with Crippen molar-refractivity contribution < 1.29 is 14.3 Å². The number of benzene rings is 1. The van der Waals surface area contributed by atoms with E-state index in [4.69, 9.17) is 9.47 Å². The Hall–Kier alpha value is -1.40. The molecule has 1 N–H and O–H groups in total. The normalized spacial score (nSPS) is 17.2. The van der Waals surface area contributed by atoms with E-state index in [2.05, 4.69) is 12.2 Å². The second-order valence-electron chi connectivity index (χ2n) is 6.05. The molecule has 0 aromatic heterocycles. The van der Waals surface area contributed by atoms with E-state index < -0.39 is 0 Å². The molecule has 0 radical (unpaired) electrons. The van der Waals surface area contributed by atoms with Crippen molar-refractivity contribution in [2.75, 3.05) is 39.1 Å². The summed E-state index contributed by atoms with van der Waals surface area (Å²) in [4.78, 5) is 14.3. The molecule has 1 amide bonds. The first-order valence-corrected chi connectivity index (χ1v) is 10.2. The highest BCUT2D eigenvalue weighted by Crippen LogP contribution is 2.41. The molecule has 0 spiro atoms. The largest absolute Gasteiger partial charge is 0.493 e. The fourth-order valence-corrected chi connectivity index (χ4v) is 4.09. The molecule has 1 atom stereocenters. The molecule has 140 valence electrons. The first-order valence-electron chi connectivity index (χ1n) is 9.13. The topological polar surface area (TPSA) is 50.8 Å². The number of methoxy groups -OCH3 is 1. The highest BCUT2D eigenvalue weighted by Gasteiger charge is 2.32. The monoisotopic (exact) mass is 366 g/mol. The van der Waals surface area contributed by atoms with Crippen molar-refractivity contribution in [1.29, 1.82) is 0 Å². The molecule has 1 unspecified atom stereocenters. The van der Waals surface area contributed by atoms with Crippen LogP contribution in [0.4, 0.5) is 0 Å². The second kappa shape index (κ2) is 10.6. The Morgan fingerprint density at radius 3 is 2.76 bits per heavy atom. The van der Waals surface area contributed by atoms with E-state index >= 15 is 0 Å². The van der Waals surface area contributed by atoms with Crippen LogP contribution in [0.15, 0.2) is 18.2 Å². The van der Waals surface area contributed by atoms with Gasteiger partial charge in [-0.2, -0.15) is 0 Å². The summed E-state index contributed by atoms with van der Waals surface area (Å²) in [6, 6.07) is 5.97. The van der Waals surface area contributed by atoms with Crippen LogP contribution in [0.25, 0.3) is 0 Å². The van der Waals surface area contributed by atoms with Gasteiger partial charge in [0.25, 0.3) is 0 Å². The number of carbonyl (C=O) groups is 1. The third-order valence-corrected chi connectivity index (χ3v) is 5.46. The Balaban J connectivity index is 1.98. The average molecular weight is 367 g/mol. The zero-order valence-electron chi connectivity index (χ0n) is 15.5. The van der Waals surface area contributed by atoms with Gasteiger partial charge < -0.3 is 19.7 Å². The molecule has 25 heavy (non-hydrogen) atoms. The van der Waals surface area contributed by atoms with Gasteiger partial charge in [0.15, 0.2) is 11.5 Å². The predicted octanol–water partition coefficient (Wildman–Crippen LogP) is 3.45. The maximum Gasteiger partial charge on any atom is 0.233 e. The molecule has 1 fully saturated rings.